The van der Waals surface area contributed by atoms with E-state index in [0.29, 0.717) is 11.0 Å². The number of hydrogen-bond acceptors (Lipinski definition) is 5. The highest BCUT2D eigenvalue weighted by Crippen LogP contribution is 2.42. The van der Waals surface area contributed by atoms with Gasteiger partial charge in [0, 0.05) is 6.07 Å². The van der Waals surface area contributed by atoms with Gasteiger partial charge in [-0.05, 0) is 6.07 Å². The quantitative estimate of drug-likeness (QED) is 0.752. The number of terminal acetylenes is 1. The van der Waals surface area contributed by atoms with Crippen molar-refractivity contribution >= 4 is 11.6 Å². The number of aromatic nitrogens is 3. The maximum Gasteiger partial charge on any atom is 0.483 e. The molecule has 0 saturated carbocycles. The second-order valence-corrected chi connectivity index (χ2v) is 4.86. The van der Waals surface area contributed by atoms with Crippen LogP contribution in [0.1, 0.15) is 0 Å². The number of benzene rings is 1. The summed E-state index contributed by atoms with van der Waals surface area (Å²) in [6.45, 7) is -0.533. The van der Waals surface area contributed by atoms with Gasteiger partial charge >= 0.3 is 23.4 Å². The van der Waals surface area contributed by atoms with E-state index in [1.54, 1.807) is 4.98 Å². The van der Waals surface area contributed by atoms with Crippen molar-refractivity contribution in [2.24, 2.45) is 0 Å². The van der Waals surface area contributed by atoms with Gasteiger partial charge in [0.05, 0.1) is 17.8 Å². The fraction of sp³-hybridized carbons (Fsp3) is 0.143. The van der Waals surface area contributed by atoms with Gasteiger partial charge in [-0.3, -0.25) is 19.7 Å². The van der Waals surface area contributed by atoms with Crippen molar-refractivity contribution in [2.75, 3.05) is 11.4 Å². The number of amides is 1. The van der Waals surface area contributed by atoms with Gasteiger partial charge in [-0.25, -0.2) is 14.0 Å². The number of carbonyl (C=O) groups excluding carboxylic acids is 1. The average molecular weight is 352 g/mol. The second kappa shape index (κ2) is 5.52. The predicted molar refractivity (Wildman–Crippen MR) is 77.6 cm³/mol. The SMILES string of the molecule is C#CCN1C(=O)C(F)(F)Oc2cc(F)c(-c3nc(=O)[nH]c(=O)[nH]3)cc21. The van der Waals surface area contributed by atoms with Crippen molar-refractivity contribution in [2.45, 2.75) is 6.11 Å². The molecule has 0 aliphatic carbocycles. The van der Waals surface area contributed by atoms with Gasteiger partial charge in [-0.15, -0.1) is 6.42 Å². The zero-order chi connectivity index (χ0) is 18.4. The molecule has 1 amide bonds. The highest BCUT2D eigenvalue weighted by molar-refractivity contribution is 6.01. The topological polar surface area (TPSA) is 108 Å². The van der Waals surface area contributed by atoms with Crippen LogP contribution in [0.2, 0.25) is 0 Å². The third-order valence-corrected chi connectivity index (χ3v) is 3.24. The molecule has 2 aromatic rings. The number of H-pyrrole nitrogens is 2. The first-order chi connectivity index (χ1) is 11.7. The number of anilines is 1. The second-order valence-electron chi connectivity index (χ2n) is 4.86. The van der Waals surface area contributed by atoms with Gasteiger partial charge in [-0.2, -0.15) is 13.8 Å². The van der Waals surface area contributed by atoms with Crippen molar-refractivity contribution in [1.29, 1.82) is 0 Å². The van der Waals surface area contributed by atoms with Gasteiger partial charge in [-0.1, -0.05) is 5.92 Å². The number of fused-ring (bicyclic) bond motifs is 1. The summed E-state index contributed by atoms with van der Waals surface area (Å²) in [6.07, 6.45) is 0.863. The van der Waals surface area contributed by atoms with E-state index in [9.17, 15) is 27.6 Å². The lowest BCUT2D eigenvalue weighted by molar-refractivity contribution is -0.192. The number of halogens is 3. The summed E-state index contributed by atoms with van der Waals surface area (Å²) in [4.78, 5) is 42.1. The molecule has 128 valence electrons. The van der Waals surface area contributed by atoms with Gasteiger partial charge < -0.3 is 4.74 Å². The molecule has 2 N–H and O–H groups in total. The zero-order valence-corrected chi connectivity index (χ0v) is 12.1. The standard InChI is InChI=1S/C14H7F3N4O4/c1-2-3-21-8-4-6(10-18-12(23)20-13(24)19-10)7(15)5-9(8)25-14(16,17)11(21)22/h1,4-5H,3H2,(H2,18,19,20,23,24). The molecule has 25 heavy (non-hydrogen) atoms. The maximum atomic E-state index is 14.2. The van der Waals surface area contributed by atoms with Crippen LogP contribution in [0.5, 0.6) is 5.75 Å². The minimum absolute atomic E-state index is 0.256. The Morgan fingerprint density at radius 2 is 2.00 bits per heavy atom. The van der Waals surface area contributed by atoms with Crippen LogP contribution in [0, 0.1) is 18.2 Å². The zero-order valence-electron chi connectivity index (χ0n) is 12.1. The highest BCUT2D eigenvalue weighted by Gasteiger charge is 2.50. The maximum absolute atomic E-state index is 14.2. The van der Waals surface area contributed by atoms with Gasteiger partial charge in [0.15, 0.2) is 5.75 Å². The predicted octanol–water partition coefficient (Wildman–Crippen LogP) is 0.216. The summed E-state index contributed by atoms with van der Waals surface area (Å²) in [5.74, 6) is -1.90. The van der Waals surface area contributed by atoms with Crippen LogP contribution in [0.3, 0.4) is 0 Å². The Balaban J connectivity index is 2.24. The summed E-state index contributed by atoms with van der Waals surface area (Å²) in [5, 5.41) is 0. The molecule has 2 heterocycles. The number of carbonyl (C=O) groups is 1. The van der Waals surface area contributed by atoms with Crippen LogP contribution in [-0.2, 0) is 4.79 Å². The molecule has 0 fully saturated rings. The van der Waals surface area contributed by atoms with E-state index in [2.05, 4.69) is 14.7 Å². The third kappa shape index (κ3) is 2.74. The average Bonchev–Trinajstić information content (AvgIpc) is 2.50. The number of nitrogens with one attached hydrogen (secondary N) is 2. The van der Waals surface area contributed by atoms with E-state index in [4.69, 9.17) is 6.42 Å². The third-order valence-electron chi connectivity index (χ3n) is 3.24. The minimum Gasteiger partial charge on any atom is -0.423 e. The van der Waals surface area contributed by atoms with Crippen molar-refractivity contribution in [3.63, 3.8) is 0 Å². The van der Waals surface area contributed by atoms with Crippen molar-refractivity contribution in [1.82, 2.24) is 15.0 Å². The van der Waals surface area contributed by atoms with E-state index in [0.717, 1.165) is 6.07 Å². The Bertz CT molecular complexity index is 1010. The molecular weight excluding hydrogens is 345 g/mol. The largest absolute Gasteiger partial charge is 0.483 e. The first-order valence-electron chi connectivity index (χ1n) is 6.60. The molecule has 1 aliphatic rings. The van der Waals surface area contributed by atoms with E-state index in [-0.39, 0.29) is 5.69 Å². The Kier molecular flexibility index (Phi) is 3.60. The molecular formula is C14H7F3N4O4. The molecule has 8 nitrogen and oxygen atoms in total. The van der Waals surface area contributed by atoms with Crippen molar-refractivity contribution < 1.29 is 22.7 Å². The molecule has 0 saturated heterocycles. The number of hydrogen-bond donors (Lipinski definition) is 2. The summed E-state index contributed by atoms with van der Waals surface area (Å²) in [6, 6.07) is 1.50. The van der Waals surface area contributed by atoms with E-state index >= 15 is 0 Å². The number of rotatable bonds is 2. The Hall–Kier alpha value is -3.55. The monoisotopic (exact) mass is 352 g/mol. The van der Waals surface area contributed by atoms with Gasteiger partial charge in [0.25, 0.3) is 0 Å². The molecule has 11 heteroatoms. The van der Waals surface area contributed by atoms with E-state index < -0.39 is 52.9 Å². The van der Waals surface area contributed by atoms with E-state index in [1.165, 1.54) is 0 Å². The van der Waals surface area contributed by atoms with Crippen molar-refractivity contribution in [3.05, 3.63) is 38.9 Å². The molecule has 0 spiro atoms. The number of alkyl halides is 2. The molecule has 0 bridgehead atoms. The Morgan fingerprint density at radius 1 is 1.28 bits per heavy atom. The fourth-order valence-corrected chi connectivity index (χ4v) is 2.24. The highest BCUT2D eigenvalue weighted by atomic mass is 19.3. The van der Waals surface area contributed by atoms with Crippen LogP contribution in [0.4, 0.5) is 18.9 Å². The first-order valence-corrected chi connectivity index (χ1v) is 6.60. The summed E-state index contributed by atoms with van der Waals surface area (Å²) >= 11 is 0. The fourth-order valence-electron chi connectivity index (χ4n) is 2.24. The normalized spacial score (nSPS) is 15.3. The lowest BCUT2D eigenvalue weighted by Gasteiger charge is -2.32. The van der Waals surface area contributed by atoms with Crippen LogP contribution in [-0.4, -0.2) is 33.5 Å². The molecule has 3 rings (SSSR count). The number of ether oxygens (including phenoxy) is 1. The summed E-state index contributed by atoms with van der Waals surface area (Å²) in [5.41, 5.74) is -2.67. The van der Waals surface area contributed by atoms with Crippen LogP contribution in [0.25, 0.3) is 11.4 Å². The first kappa shape index (κ1) is 16.3. The molecule has 1 aromatic heterocycles. The van der Waals surface area contributed by atoms with Gasteiger partial charge in [0.2, 0.25) is 0 Å². The number of aromatic amines is 2. The molecule has 0 atom stereocenters. The van der Waals surface area contributed by atoms with Crippen molar-refractivity contribution in [3.8, 4) is 29.5 Å². The van der Waals surface area contributed by atoms with Gasteiger partial charge in [0.1, 0.15) is 11.6 Å². The Labute approximate surface area is 136 Å². The lowest BCUT2D eigenvalue weighted by atomic mass is 10.1. The smallest absolute Gasteiger partial charge is 0.423 e. The lowest BCUT2D eigenvalue weighted by Crippen LogP contribution is -2.51. The number of nitrogens with zero attached hydrogens (tertiary/aromatic N) is 2. The van der Waals surface area contributed by atoms with Crippen LogP contribution < -0.4 is 21.0 Å². The van der Waals surface area contributed by atoms with Crippen LogP contribution >= 0.6 is 0 Å². The molecule has 1 aromatic carbocycles. The summed E-state index contributed by atoms with van der Waals surface area (Å²) in [7, 11) is 0. The molecule has 0 unspecified atom stereocenters. The minimum atomic E-state index is -4.21. The molecule has 0 radical (unpaired) electrons. The molecule has 1 aliphatic heterocycles. The van der Waals surface area contributed by atoms with Crippen LogP contribution in [0.15, 0.2) is 21.7 Å². The summed E-state index contributed by atoms with van der Waals surface area (Å²) < 4.78 is 45.7. The Morgan fingerprint density at radius 3 is 2.64 bits per heavy atom. The van der Waals surface area contributed by atoms with E-state index in [1.807, 2.05) is 5.92 Å².